The second-order valence-electron chi connectivity index (χ2n) is 8.31. The molecule has 0 spiro atoms. The maximum absolute atomic E-state index is 13.6. The lowest BCUT2D eigenvalue weighted by Gasteiger charge is -2.29. The Kier molecular flexibility index (Phi) is 5.32. The summed E-state index contributed by atoms with van der Waals surface area (Å²) in [6.45, 7) is 0.551. The van der Waals surface area contributed by atoms with Crippen molar-refractivity contribution in [2.75, 3.05) is 0 Å². The van der Waals surface area contributed by atoms with E-state index in [-0.39, 0.29) is 17.8 Å². The summed E-state index contributed by atoms with van der Waals surface area (Å²) in [5.74, 6) is -0.285. The number of halogens is 1. The van der Waals surface area contributed by atoms with E-state index < -0.39 is 0 Å². The summed E-state index contributed by atoms with van der Waals surface area (Å²) < 4.78 is 15.7. The first kappa shape index (κ1) is 19.9. The van der Waals surface area contributed by atoms with E-state index in [2.05, 4.69) is 9.88 Å². The summed E-state index contributed by atoms with van der Waals surface area (Å²) in [7, 11) is 0. The summed E-state index contributed by atoms with van der Waals surface area (Å²) in [5, 5.41) is 4.69. The van der Waals surface area contributed by atoms with Gasteiger partial charge in [-0.25, -0.2) is 4.39 Å². The van der Waals surface area contributed by atoms with E-state index in [0.717, 1.165) is 47.7 Å². The number of aromatic nitrogens is 1. The fourth-order valence-corrected chi connectivity index (χ4v) is 5.07. The zero-order valence-electron chi connectivity index (χ0n) is 17.2. The minimum Gasteiger partial charge on any atom is -0.342 e. The normalized spacial score (nSPS) is 18.9. The van der Waals surface area contributed by atoms with Crippen LogP contribution >= 0.6 is 12.2 Å². The third-order valence-electron chi connectivity index (χ3n) is 6.21. The van der Waals surface area contributed by atoms with Gasteiger partial charge in [-0.15, -0.1) is 0 Å². The Bertz CT molecular complexity index is 1190. The van der Waals surface area contributed by atoms with Crippen LogP contribution in [-0.4, -0.2) is 26.5 Å². The molecule has 3 aromatic rings. The standard InChI is InChI=1S/C25H24FN3OS/c26-19-8-6-7-17(13-19)15-28-16-18(21-11-4-5-12-23(21)28)14-22-24(30)29(25(31)27-22)20-9-2-1-3-10-20/h4-8,11-14,16,20H,1-3,9-10,15H2,(H,27,31). The van der Waals surface area contributed by atoms with E-state index in [4.69, 9.17) is 12.2 Å². The van der Waals surface area contributed by atoms with Crippen molar-refractivity contribution in [3.05, 3.63) is 77.4 Å². The number of nitrogens with zero attached hydrogens (tertiary/aromatic N) is 2. The smallest absolute Gasteiger partial charge is 0.276 e. The van der Waals surface area contributed by atoms with Crippen molar-refractivity contribution in [2.24, 2.45) is 0 Å². The molecule has 1 aliphatic heterocycles. The molecule has 31 heavy (non-hydrogen) atoms. The molecule has 1 aromatic heterocycles. The van der Waals surface area contributed by atoms with Crippen molar-refractivity contribution < 1.29 is 9.18 Å². The number of nitrogens with one attached hydrogen (secondary N) is 1. The first-order chi connectivity index (χ1) is 15.1. The number of hydrogen-bond acceptors (Lipinski definition) is 2. The number of carbonyl (C=O) groups excluding carboxylic acids is 1. The summed E-state index contributed by atoms with van der Waals surface area (Å²) in [6, 6.07) is 14.9. The highest BCUT2D eigenvalue weighted by Crippen LogP contribution is 2.29. The van der Waals surface area contributed by atoms with E-state index in [9.17, 15) is 9.18 Å². The van der Waals surface area contributed by atoms with Gasteiger partial charge in [0.2, 0.25) is 0 Å². The number of carbonyl (C=O) groups is 1. The Morgan fingerprint density at radius 3 is 2.71 bits per heavy atom. The van der Waals surface area contributed by atoms with Crippen LogP contribution in [0.5, 0.6) is 0 Å². The van der Waals surface area contributed by atoms with Crippen LogP contribution in [0, 0.1) is 5.82 Å². The van der Waals surface area contributed by atoms with Crippen LogP contribution in [0.25, 0.3) is 17.0 Å². The van der Waals surface area contributed by atoms with Crippen molar-refractivity contribution in [1.82, 2.24) is 14.8 Å². The molecule has 0 unspecified atom stereocenters. The lowest BCUT2D eigenvalue weighted by molar-refractivity contribution is -0.124. The molecule has 4 nitrogen and oxygen atoms in total. The molecule has 6 heteroatoms. The minimum atomic E-state index is -0.242. The highest BCUT2D eigenvalue weighted by Gasteiger charge is 2.36. The average Bonchev–Trinajstić information content (AvgIpc) is 3.25. The molecule has 0 radical (unpaired) electrons. The van der Waals surface area contributed by atoms with Gasteiger partial charge in [-0.1, -0.05) is 49.6 Å². The van der Waals surface area contributed by atoms with Crippen LogP contribution < -0.4 is 5.32 Å². The van der Waals surface area contributed by atoms with Gasteiger partial charge in [-0.3, -0.25) is 9.69 Å². The molecule has 2 aliphatic rings. The van der Waals surface area contributed by atoms with Crippen LogP contribution in [0.4, 0.5) is 4.39 Å². The molecule has 0 bridgehead atoms. The lowest BCUT2D eigenvalue weighted by atomic mass is 9.94. The van der Waals surface area contributed by atoms with Gasteiger partial charge < -0.3 is 9.88 Å². The fourth-order valence-electron chi connectivity index (χ4n) is 4.73. The van der Waals surface area contributed by atoms with Gasteiger partial charge in [0.05, 0.1) is 0 Å². The molecule has 1 N–H and O–H groups in total. The Balaban J connectivity index is 1.48. The van der Waals surface area contributed by atoms with Gasteiger partial charge in [-0.2, -0.15) is 0 Å². The summed E-state index contributed by atoms with van der Waals surface area (Å²) in [6.07, 6.45) is 9.44. The molecule has 1 saturated carbocycles. The molecular weight excluding hydrogens is 409 g/mol. The largest absolute Gasteiger partial charge is 0.342 e. The highest BCUT2D eigenvalue weighted by atomic mass is 32.1. The molecule has 1 amide bonds. The quantitative estimate of drug-likeness (QED) is 0.453. The molecule has 2 aromatic carbocycles. The fraction of sp³-hybridized carbons (Fsp3) is 0.280. The maximum Gasteiger partial charge on any atom is 0.276 e. The predicted molar refractivity (Wildman–Crippen MR) is 125 cm³/mol. The SMILES string of the molecule is O=C1C(=Cc2cn(Cc3cccc(F)c3)c3ccccc23)NC(=S)N1C1CCCCC1. The van der Waals surface area contributed by atoms with Crippen LogP contribution in [0.15, 0.2) is 60.4 Å². The Morgan fingerprint density at radius 2 is 1.90 bits per heavy atom. The number of amides is 1. The second kappa shape index (κ2) is 8.27. The maximum atomic E-state index is 13.6. The number of hydrogen-bond donors (Lipinski definition) is 1. The zero-order valence-corrected chi connectivity index (χ0v) is 18.0. The number of benzene rings is 2. The first-order valence-corrected chi connectivity index (χ1v) is 11.2. The van der Waals surface area contributed by atoms with E-state index >= 15 is 0 Å². The number of fused-ring (bicyclic) bond motifs is 1. The van der Waals surface area contributed by atoms with Crippen LogP contribution in [0.2, 0.25) is 0 Å². The van der Waals surface area contributed by atoms with Gasteiger partial charge in [-0.05, 0) is 54.9 Å². The van der Waals surface area contributed by atoms with Gasteiger partial charge in [0.1, 0.15) is 11.5 Å². The van der Waals surface area contributed by atoms with E-state index in [1.165, 1.54) is 12.5 Å². The molecule has 2 fully saturated rings. The number of para-hydroxylation sites is 1. The highest BCUT2D eigenvalue weighted by molar-refractivity contribution is 7.80. The van der Waals surface area contributed by atoms with E-state index in [1.807, 2.05) is 42.6 Å². The van der Waals surface area contributed by atoms with Gasteiger partial charge in [0.25, 0.3) is 5.91 Å². The van der Waals surface area contributed by atoms with Crippen molar-refractivity contribution >= 4 is 40.2 Å². The molecule has 1 aliphatic carbocycles. The summed E-state index contributed by atoms with van der Waals surface area (Å²) in [5.41, 5.74) is 3.39. The van der Waals surface area contributed by atoms with Gasteiger partial charge in [0.15, 0.2) is 5.11 Å². The van der Waals surface area contributed by atoms with E-state index in [0.29, 0.717) is 17.4 Å². The Hall–Kier alpha value is -2.99. The molecular formula is C25H24FN3OS. The topological polar surface area (TPSA) is 37.3 Å². The minimum absolute atomic E-state index is 0.0427. The van der Waals surface area contributed by atoms with Crippen molar-refractivity contribution in [3.8, 4) is 0 Å². The van der Waals surface area contributed by atoms with Crippen molar-refractivity contribution in [2.45, 2.75) is 44.7 Å². The number of thiocarbonyl (C=S) groups is 1. The average molecular weight is 434 g/mol. The molecule has 0 atom stereocenters. The molecule has 1 saturated heterocycles. The lowest BCUT2D eigenvalue weighted by Crippen LogP contribution is -2.41. The third kappa shape index (κ3) is 3.88. The van der Waals surface area contributed by atoms with Crippen LogP contribution in [-0.2, 0) is 11.3 Å². The van der Waals surface area contributed by atoms with Crippen molar-refractivity contribution in [1.29, 1.82) is 0 Å². The zero-order chi connectivity index (χ0) is 21.4. The first-order valence-electron chi connectivity index (χ1n) is 10.8. The monoisotopic (exact) mass is 433 g/mol. The predicted octanol–water partition coefficient (Wildman–Crippen LogP) is 5.22. The molecule has 5 rings (SSSR count). The Morgan fingerprint density at radius 1 is 1.10 bits per heavy atom. The van der Waals surface area contributed by atoms with Crippen molar-refractivity contribution in [3.63, 3.8) is 0 Å². The van der Waals surface area contributed by atoms with E-state index in [1.54, 1.807) is 17.0 Å². The number of rotatable bonds is 4. The second-order valence-corrected chi connectivity index (χ2v) is 8.70. The summed E-state index contributed by atoms with van der Waals surface area (Å²) >= 11 is 5.50. The molecule has 158 valence electrons. The summed E-state index contributed by atoms with van der Waals surface area (Å²) in [4.78, 5) is 14.9. The van der Waals surface area contributed by atoms with Crippen LogP contribution in [0.1, 0.15) is 43.2 Å². The molecule has 2 heterocycles. The Labute approximate surface area is 186 Å². The van der Waals surface area contributed by atoms with Gasteiger partial charge >= 0.3 is 0 Å². The van der Waals surface area contributed by atoms with Crippen LogP contribution in [0.3, 0.4) is 0 Å². The third-order valence-corrected chi connectivity index (χ3v) is 6.51. The van der Waals surface area contributed by atoms with Gasteiger partial charge in [0, 0.05) is 35.2 Å².